The zero-order valence-corrected chi connectivity index (χ0v) is 31.3. The van der Waals surface area contributed by atoms with Crippen LogP contribution in [0.25, 0.3) is 10.9 Å². The van der Waals surface area contributed by atoms with Crippen LogP contribution < -0.4 is 10.2 Å². The van der Waals surface area contributed by atoms with Crippen molar-refractivity contribution < 1.29 is 13.6 Å². The average Bonchev–Trinajstić information content (AvgIpc) is 3.52. The third kappa shape index (κ3) is 6.81. The van der Waals surface area contributed by atoms with E-state index < -0.39 is 17.2 Å². The lowest BCUT2D eigenvalue weighted by atomic mass is 9.77. The van der Waals surface area contributed by atoms with Gasteiger partial charge >= 0.3 is 0 Å². The predicted molar refractivity (Wildman–Crippen MR) is 215 cm³/mol. The van der Waals surface area contributed by atoms with Gasteiger partial charge in [0.1, 0.15) is 17.2 Å². The smallest absolute Gasteiger partial charge is 0.256 e. The first-order chi connectivity index (χ1) is 26.3. The van der Waals surface area contributed by atoms with E-state index in [1.54, 1.807) is 0 Å². The van der Waals surface area contributed by atoms with Crippen LogP contribution in [0, 0.1) is 11.6 Å². The van der Waals surface area contributed by atoms with Crippen LogP contribution in [0.2, 0.25) is 0 Å². The Kier molecular flexibility index (Phi) is 9.84. The predicted octanol–water partition coefficient (Wildman–Crippen LogP) is 9.51. The van der Waals surface area contributed by atoms with E-state index in [0.717, 1.165) is 70.2 Å². The van der Waals surface area contributed by atoms with Gasteiger partial charge < -0.3 is 15.1 Å². The van der Waals surface area contributed by atoms with E-state index in [-0.39, 0.29) is 12.3 Å². The van der Waals surface area contributed by atoms with E-state index in [1.165, 1.54) is 12.1 Å². The number of aromatic nitrogens is 2. The van der Waals surface area contributed by atoms with E-state index >= 15 is 0 Å². The maximum atomic E-state index is 14.3. The molecule has 7 aromatic rings. The largest absolute Gasteiger partial charge is 0.369 e. The molecular weight excluding hydrogens is 744 g/mol. The molecule has 270 valence electrons. The van der Waals surface area contributed by atoms with Crippen LogP contribution >= 0.6 is 15.9 Å². The molecule has 0 spiro atoms. The molecule has 6 nitrogen and oxygen atoms in total. The Morgan fingerprint density at radius 2 is 1.26 bits per heavy atom. The second-order valence-corrected chi connectivity index (χ2v) is 14.6. The van der Waals surface area contributed by atoms with Crippen LogP contribution in [0.4, 0.5) is 20.3 Å². The monoisotopic (exact) mass is 781 g/mol. The van der Waals surface area contributed by atoms with Gasteiger partial charge in [0.15, 0.2) is 5.82 Å². The van der Waals surface area contributed by atoms with Gasteiger partial charge in [0.2, 0.25) is 0 Å². The number of hydrogen-bond acceptors (Lipinski definition) is 4. The van der Waals surface area contributed by atoms with Gasteiger partial charge in [-0.15, -0.1) is 0 Å². The zero-order chi connectivity index (χ0) is 37.2. The van der Waals surface area contributed by atoms with E-state index in [4.69, 9.17) is 5.10 Å². The van der Waals surface area contributed by atoms with E-state index in [1.807, 2.05) is 95.7 Å². The van der Waals surface area contributed by atoms with Gasteiger partial charge in [-0.3, -0.25) is 4.79 Å². The maximum Gasteiger partial charge on any atom is 0.256 e. The molecular formula is C45H38BrF2N5O. The topological polar surface area (TPSA) is 53.4 Å². The van der Waals surface area contributed by atoms with Crippen molar-refractivity contribution in [2.45, 2.75) is 12.0 Å². The first-order valence-corrected chi connectivity index (χ1v) is 18.8. The molecule has 0 radical (unpaired) electrons. The third-order valence-corrected chi connectivity index (χ3v) is 11.0. The Bertz CT molecular complexity index is 2300. The minimum Gasteiger partial charge on any atom is -0.369 e. The second kappa shape index (κ2) is 15.0. The molecule has 1 aliphatic rings. The van der Waals surface area contributed by atoms with Gasteiger partial charge in [-0.05, 0) is 89.8 Å². The number of amides is 1. The molecule has 1 aliphatic heterocycles. The summed E-state index contributed by atoms with van der Waals surface area (Å²) < 4.78 is 31.3. The molecule has 1 N–H and O–H groups in total. The lowest BCUT2D eigenvalue weighted by Crippen LogP contribution is -2.44. The van der Waals surface area contributed by atoms with Crippen molar-refractivity contribution in [1.82, 2.24) is 14.7 Å². The van der Waals surface area contributed by atoms with Crippen molar-refractivity contribution in [3.8, 4) is 0 Å². The molecule has 2 heterocycles. The minimum atomic E-state index is -0.970. The van der Waals surface area contributed by atoms with Gasteiger partial charge in [0.05, 0.1) is 5.52 Å². The first kappa shape index (κ1) is 35.4. The highest BCUT2D eigenvalue weighted by Gasteiger charge is 2.41. The summed E-state index contributed by atoms with van der Waals surface area (Å²) in [5, 5.41) is 9.14. The van der Waals surface area contributed by atoms with Gasteiger partial charge in [0, 0.05) is 53.4 Å². The lowest BCUT2D eigenvalue weighted by Gasteiger charge is -2.37. The van der Waals surface area contributed by atoms with Crippen LogP contribution in [-0.2, 0) is 12.0 Å². The van der Waals surface area contributed by atoms with Gasteiger partial charge in [-0.25, -0.2) is 13.5 Å². The molecule has 8 rings (SSSR count). The Hall–Kier alpha value is -5.64. The summed E-state index contributed by atoms with van der Waals surface area (Å²) in [5.74, 6) is -1.21. The van der Waals surface area contributed by atoms with Crippen LogP contribution in [0.3, 0.4) is 0 Å². The summed E-state index contributed by atoms with van der Waals surface area (Å²) in [6, 6.07) is 45.8. The molecule has 9 heteroatoms. The zero-order valence-electron chi connectivity index (χ0n) is 29.7. The molecule has 1 aromatic heterocycles. The Morgan fingerprint density at radius 3 is 1.80 bits per heavy atom. The molecule has 1 fully saturated rings. The summed E-state index contributed by atoms with van der Waals surface area (Å²) in [5.41, 5.74) is 5.54. The highest BCUT2D eigenvalue weighted by Crippen LogP contribution is 2.44. The van der Waals surface area contributed by atoms with Gasteiger partial charge in [0.25, 0.3) is 5.91 Å². The van der Waals surface area contributed by atoms with E-state index in [9.17, 15) is 13.6 Å². The van der Waals surface area contributed by atoms with Crippen molar-refractivity contribution in [3.63, 3.8) is 0 Å². The van der Waals surface area contributed by atoms with E-state index in [2.05, 4.69) is 74.5 Å². The second-order valence-electron chi connectivity index (χ2n) is 13.8. The summed E-state index contributed by atoms with van der Waals surface area (Å²) in [6.07, 6.45) is 0.249. The highest BCUT2D eigenvalue weighted by atomic mass is 79.9. The molecule has 0 unspecified atom stereocenters. The fraction of sp³-hybridized carbons (Fsp3) is 0.156. The van der Waals surface area contributed by atoms with Crippen molar-refractivity contribution >= 4 is 44.2 Å². The number of nitrogens with one attached hydrogen (secondary N) is 1. The first-order valence-electron chi connectivity index (χ1n) is 18.0. The third-order valence-electron chi connectivity index (χ3n) is 10.3. The van der Waals surface area contributed by atoms with Gasteiger partial charge in [-0.2, -0.15) is 5.10 Å². The summed E-state index contributed by atoms with van der Waals surface area (Å²) in [4.78, 5) is 18.7. The number of nitrogens with zero attached hydrogens (tertiary/aromatic N) is 4. The number of piperazine rings is 1. The number of hydrogen-bond donors (Lipinski definition) is 1. The van der Waals surface area contributed by atoms with Crippen molar-refractivity contribution in [2.75, 3.05) is 43.4 Å². The SMILES string of the molecule is CN1CCN(c2ccc(C(=O)Nc3nn(C(c4ccccc4)(c4ccccc4)c4ccccc4)c4cc(Br)c(Cc5cc(F)cc(F)c5)cc34)cc2)CC1. The number of halogens is 3. The molecule has 0 bridgehead atoms. The Labute approximate surface area is 321 Å². The maximum absolute atomic E-state index is 14.3. The number of likely N-dealkylation sites (N-methyl/N-ethyl adjacent to an activating group) is 1. The van der Waals surface area contributed by atoms with Crippen LogP contribution in [0.15, 0.2) is 150 Å². The standard InChI is InChI=1S/C45H38BrF2N5O/c1-51-21-23-52(24-22-51)39-19-17-32(18-20-39)44(54)49-43-40-28-33(25-31-26-37(47)29-38(48)27-31)41(46)30-42(40)53(50-43)45(34-11-5-2-6-12-34,35-13-7-3-8-14-35)36-15-9-4-10-16-36/h2-20,26-30H,21-25H2,1H3,(H,49,50,54). The summed E-state index contributed by atoms with van der Waals surface area (Å²) in [6.45, 7) is 3.83. The highest BCUT2D eigenvalue weighted by molar-refractivity contribution is 9.10. The average molecular weight is 783 g/mol. The number of benzene rings is 6. The van der Waals surface area contributed by atoms with E-state index in [0.29, 0.717) is 22.3 Å². The normalized spacial score (nSPS) is 13.7. The quantitative estimate of drug-likeness (QED) is 0.148. The minimum absolute atomic E-state index is 0.249. The number of fused-ring (bicyclic) bond motifs is 1. The molecule has 0 saturated carbocycles. The fourth-order valence-corrected chi connectivity index (χ4v) is 8.04. The molecule has 1 amide bonds. The number of carbonyl (C=O) groups is 1. The Morgan fingerprint density at radius 1 is 0.722 bits per heavy atom. The molecule has 1 saturated heterocycles. The molecule has 6 aromatic carbocycles. The van der Waals surface area contributed by atoms with Crippen LogP contribution in [-0.4, -0.2) is 53.8 Å². The molecule has 0 aliphatic carbocycles. The van der Waals surface area contributed by atoms with Gasteiger partial charge in [-0.1, -0.05) is 107 Å². The number of rotatable bonds is 9. The molecule has 0 atom stereocenters. The van der Waals surface area contributed by atoms with Crippen molar-refractivity contribution in [2.24, 2.45) is 0 Å². The van der Waals surface area contributed by atoms with Crippen molar-refractivity contribution in [3.05, 3.63) is 195 Å². The summed E-state index contributed by atoms with van der Waals surface area (Å²) >= 11 is 3.80. The molecule has 54 heavy (non-hydrogen) atoms. The van der Waals surface area contributed by atoms with Crippen LogP contribution in [0.5, 0.6) is 0 Å². The fourth-order valence-electron chi connectivity index (χ4n) is 7.57. The number of anilines is 2. The van der Waals surface area contributed by atoms with Crippen LogP contribution in [0.1, 0.15) is 38.2 Å². The van der Waals surface area contributed by atoms with Crippen molar-refractivity contribution in [1.29, 1.82) is 0 Å². The summed E-state index contributed by atoms with van der Waals surface area (Å²) in [7, 11) is 2.13. The Balaban J connectivity index is 1.30. The lowest BCUT2D eigenvalue weighted by molar-refractivity contribution is 0.102. The number of carbonyl (C=O) groups excluding carboxylic acids is 1.